The molecule has 0 aliphatic heterocycles. The minimum absolute atomic E-state index is 0.343. The Balaban J connectivity index is 2.92. The van der Waals surface area contributed by atoms with Gasteiger partial charge in [0, 0.05) is 6.61 Å². The normalized spacial score (nSPS) is 13.1. The smallest absolute Gasteiger partial charge is 0.0547 e. The molecule has 0 spiro atoms. The third-order valence-corrected chi connectivity index (χ3v) is 2.56. The number of rotatable bonds is 10. The van der Waals surface area contributed by atoms with Crippen LogP contribution in [0.3, 0.4) is 0 Å². The first-order chi connectivity index (χ1) is 6.81. The molecule has 0 bridgehead atoms. The Labute approximate surface area is 90.2 Å². The van der Waals surface area contributed by atoms with Gasteiger partial charge in [0.2, 0.25) is 0 Å². The largest absolute Gasteiger partial charge is 0.379 e. The zero-order valence-electron chi connectivity index (χ0n) is 10.1. The van der Waals surface area contributed by atoms with Crippen LogP contribution in [-0.2, 0) is 4.74 Å². The van der Waals surface area contributed by atoms with E-state index in [1.165, 1.54) is 44.9 Å². The molecule has 0 aliphatic rings. The van der Waals surface area contributed by atoms with Gasteiger partial charge in [-0.1, -0.05) is 52.4 Å². The molecule has 0 rings (SSSR count). The summed E-state index contributed by atoms with van der Waals surface area (Å²) in [6, 6.07) is 0. The molecule has 1 atom stereocenters. The Morgan fingerprint density at radius 2 is 1.57 bits per heavy atom. The molecule has 0 aromatic carbocycles. The summed E-state index contributed by atoms with van der Waals surface area (Å²) < 4.78 is 5.56. The molecule has 0 aliphatic carbocycles. The van der Waals surface area contributed by atoms with Gasteiger partial charge in [0.05, 0.1) is 6.10 Å². The molecule has 0 fully saturated rings. The Morgan fingerprint density at radius 3 is 2.14 bits per heavy atom. The third kappa shape index (κ3) is 10.0. The first kappa shape index (κ1) is 14.0. The molecule has 1 radical (unpaired) electrons. The molecule has 1 heteroatoms. The summed E-state index contributed by atoms with van der Waals surface area (Å²) in [6.45, 7) is 9.08. The second-order valence-electron chi connectivity index (χ2n) is 4.09. The zero-order valence-corrected chi connectivity index (χ0v) is 10.1. The van der Waals surface area contributed by atoms with Gasteiger partial charge < -0.3 is 4.74 Å². The molecular weight excluding hydrogens is 172 g/mol. The van der Waals surface area contributed by atoms with Gasteiger partial charge in [-0.3, -0.25) is 0 Å². The van der Waals surface area contributed by atoms with Crippen LogP contribution in [0.2, 0.25) is 0 Å². The van der Waals surface area contributed by atoms with Crippen LogP contribution >= 0.6 is 0 Å². The van der Waals surface area contributed by atoms with Gasteiger partial charge in [-0.2, -0.15) is 0 Å². The number of ether oxygens (including phenoxy) is 1. The highest BCUT2D eigenvalue weighted by molar-refractivity contribution is 4.51. The molecule has 1 unspecified atom stereocenters. The topological polar surface area (TPSA) is 9.23 Å². The van der Waals surface area contributed by atoms with Crippen molar-refractivity contribution in [1.82, 2.24) is 0 Å². The van der Waals surface area contributed by atoms with Gasteiger partial charge in [0.25, 0.3) is 0 Å². The van der Waals surface area contributed by atoms with Crippen molar-refractivity contribution < 1.29 is 4.74 Å². The minimum Gasteiger partial charge on any atom is -0.379 e. The number of unbranched alkanes of at least 4 members (excludes halogenated alkanes) is 6. The molecule has 14 heavy (non-hydrogen) atoms. The Morgan fingerprint density at radius 1 is 1.00 bits per heavy atom. The predicted molar refractivity (Wildman–Crippen MR) is 63.4 cm³/mol. The maximum absolute atomic E-state index is 5.56. The van der Waals surface area contributed by atoms with Crippen LogP contribution in [0.25, 0.3) is 0 Å². The fourth-order valence-electron chi connectivity index (χ4n) is 1.43. The van der Waals surface area contributed by atoms with E-state index in [2.05, 4.69) is 20.8 Å². The number of hydrogen-bond acceptors (Lipinski definition) is 1. The number of hydrogen-bond donors (Lipinski definition) is 0. The highest BCUT2D eigenvalue weighted by Gasteiger charge is 1.97. The summed E-state index contributed by atoms with van der Waals surface area (Å²) in [5.41, 5.74) is 0. The van der Waals surface area contributed by atoms with Crippen LogP contribution in [0, 0.1) is 6.92 Å². The van der Waals surface area contributed by atoms with Gasteiger partial charge in [-0.05, 0) is 19.8 Å². The van der Waals surface area contributed by atoms with Crippen LogP contribution in [0.1, 0.15) is 65.2 Å². The summed E-state index contributed by atoms with van der Waals surface area (Å²) in [6.07, 6.45) is 10.7. The summed E-state index contributed by atoms with van der Waals surface area (Å²) in [4.78, 5) is 0. The van der Waals surface area contributed by atoms with Crippen molar-refractivity contribution in [2.24, 2.45) is 0 Å². The SMILES string of the molecule is [CH2]CC(C)OCCCCCCCCC. The molecule has 0 saturated heterocycles. The van der Waals surface area contributed by atoms with Crippen LogP contribution in [0.5, 0.6) is 0 Å². The van der Waals surface area contributed by atoms with E-state index in [1.54, 1.807) is 0 Å². The monoisotopic (exact) mass is 199 g/mol. The van der Waals surface area contributed by atoms with E-state index >= 15 is 0 Å². The molecule has 1 nitrogen and oxygen atoms in total. The van der Waals surface area contributed by atoms with Gasteiger partial charge in [0.1, 0.15) is 0 Å². The van der Waals surface area contributed by atoms with Gasteiger partial charge in [-0.15, -0.1) is 0 Å². The van der Waals surface area contributed by atoms with Crippen molar-refractivity contribution in [3.8, 4) is 0 Å². The van der Waals surface area contributed by atoms with Gasteiger partial charge >= 0.3 is 0 Å². The molecular formula is C13H27O. The Kier molecular flexibility index (Phi) is 11.0. The van der Waals surface area contributed by atoms with Crippen LogP contribution in [-0.4, -0.2) is 12.7 Å². The summed E-state index contributed by atoms with van der Waals surface area (Å²) in [5.74, 6) is 0. The van der Waals surface area contributed by atoms with Gasteiger partial charge in [-0.25, -0.2) is 0 Å². The molecule has 0 N–H and O–H groups in total. The lowest BCUT2D eigenvalue weighted by Gasteiger charge is -2.09. The molecule has 0 saturated carbocycles. The molecule has 0 amide bonds. The van der Waals surface area contributed by atoms with E-state index in [4.69, 9.17) is 4.74 Å². The minimum atomic E-state index is 0.343. The zero-order chi connectivity index (χ0) is 10.6. The molecule has 0 aromatic rings. The van der Waals surface area contributed by atoms with Crippen molar-refractivity contribution in [2.45, 2.75) is 71.3 Å². The van der Waals surface area contributed by atoms with E-state index in [0.717, 1.165) is 13.0 Å². The molecule has 0 aromatic heterocycles. The first-order valence-electron chi connectivity index (χ1n) is 6.22. The molecule has 0 heterocycles. The van der Waals surface area contributed by atoms with Crippen LogP contribution < -0.4 is 0 Å². The maximum atomic E-state index is 5.56. The second-order valence-corrected chi connectivity index (χ2v) is 4.09. The lowest BCUT2D eigenvalue weighted by atomic mass is 10.1. The summed E-state index contributed by atoms with van der Waals surface area (Å²) in [5, 5.41) is 0. The van der Waals surface area contributed by atoms with Gasteiger partial charge in [0.15, 0.2) is 0 Å². The Hall–Kier alpha value is -0.0400. The lowest BCUT2D eigenvalue weighted by Crippen LogP contribution is -2.07. The van der Waals surface area contributed by atoms with Crippen molar-refractivity contribution in [3.05, 3.63) is 6.92 Å². The summed E-state index contributed by atoms with van der Waals surface area (Å²) in [7, 11) is 0. The van der Waals surface area contributed by atoms with Crippen molar-refractivity contribution in [3.63, 3.8) is 0 Å². The van der Waals surface area contributed by atoms with Crippen LogP contribution in [0.15, 0.2) is 0 Å². The Bertz CT molecular complexity index is 101. The predicted octanol–water partition coefficient (Wildman–Crippen LogP) is 4.37. The van der Waals surface area contributed by atoms with Crippen LogP contribution in [0.4, 0.5) is 0 Å². The lowest BCUT2D eigenvalue weighted by molar-refractivity contribution is 0.0648. The molecule has 85 valence electrons. The third-order valence-electron chi connectivity index (χ3n) is 2.56. The van der Waals surface area contributed by atoms with Crippen molar-refractivity contribution >= 4 is 0 Å². The fourth-order valence-corrected chi connectivity index (χ4v) is 1.43. The maximum Gasteiger partial charge on any atom is 0.0547 e. The van der Waals surface area contributed by atoms with E-state index in [0.29, 0.717) is 6.10 Å². The van der Waals surface area contributed by atoms with Crippen molar-refractivity contribution in [1.29, 1.82) is 0 Å². The highest BCUT2D eigenvalue weighted by atomic mass is 16.5. The highest BCUT2D eigenvalue weighted by Crippen LogP contribution is 2.07. The average molecular weight is 199 g/mol. The van der Waals surface area contributed by atoms with E-state index < -0.39 is 0 Å². The average Bonchev–Trinajstić information content (AvgIpc) is 2.21. The first-order valence-corrected chi connectivity index (χ1v) is 6.22. The summed E-state index contributed by atoms with van der Waals surface area (Å²) >= 11 is 0. The second kappa shape index (κ2) is 11.0. The fraction of sp³-hybridized carbons (Fsp3) is 0.923. The van der Waals surface area contributed by atoms with E-state index in [-0.39, 0.29) is 0 Å². The van der Waals surface area contributed by atoms with E-state index in [1.807, 2.05) is 0 Å². The van der Waals surface area contributed by atoms with Crippen molar-refractivity contribution in [2.75, 3.05) is 6.61 Å². The quantitative estimate of drug-likeness (QED) is 0.475. The standard InChI is InChI=1S/C13H27O/c1-4-6-7-8-9-10-11-12-14-13(3)5-2/h13H,2,4-12H2,1,3H3. The van der Waals surface area contributed by atoms with E-state index in [9.17, 15) is 0 Å².